The molecular formula is C6H5BrN2O2. The van der Waals surface area contributed by atoms with Gasteiger partial charge in [0.15, 0.2) is 0 Å². The lowest BCUT2D eigenvalue weighted by molar-refractivity contribution is 0.0999. The van der Waals surface area contributed by atoms with E-state index in [1.807, 2.05) is 0 Å². The van der Waals surface area contributed by atoms with Gasteiger partial charge in [0.25, 0.3) is 0 Å². The zero-order valence-corrected chi connectivity index (χ0v) is 7.00. The molecule has 0 radical (unpaired) electrons. The summed E-state index contributed by atoms with van der Waals surface area (Å²) >= 11 is 2.97. The minimum absolute atomic E-state index is 0.0960. The quantitative estimate of drug-likeness (QED) is 0.678. The summed E-state index contributed by atoms with van der Waals surface area (Å²) in [5, 5.41) is 9.03. The SMILES string of the molecule is NC(=O)c1cnc(Br)c(O)c1. The van der Waals surface area contributed by atoms with Gasteiger partial charge in [0, 0.05) is 6.20 Å². The van der Waals surface area contributed by atoms with Crippen LogP contribution >= 0.6 is 15.9 Å². The minimum atomic E-state index is -0.611. The average molecular weight is 217 g/mol. The van der Waals surface area contributed by atoms with E-state index in [0.29, 0.717) is 4.60 Å². The van der Waals surface area contributed by atoms with E-state index < -0.39 is 5.91 Å². The van der Waals surface area contributed by atoms with E-state index in [2.05, 4.69) is 20.9 Å². The Balaban J connectivity index is 3.15. The predicted octanol–water partition coefficient (Wildman–Crippen LogP) is 0.649. The number of hydrogen-bond donors (Lipinski definition) is 2. The molecular weight excluding hydrogens is 212 g/mol. The molecule has 1 aromatic heterocycles. The number of primary amides is 1. The first kappa shape index (κ1) is 8.00. The summed E-state index contributed by atoms with van der Waals surface area (Å²) < 4.78 is 0.294. The predicted molar refractivity (Wildman–Crippen MR) is 42.1 cm³/mol. The summed E-state index contributed by atoms with van der Waals surface area (Å²) in [4.78, 5) is 14.2. The molecule has 1 heterocycles. The highest BCUT2D eigenvalue weighted by Gasteiger charge is 2.04. The molecule has 1 rings (SSSR count). The van der Waals surface area contributed by atoms with Gasteiger partial charge < -0.3 is 10.8 Å². The molecule has 4 nitrogen and oxygen atoms in total. The van der Waals surface area contributed by atoms with Gasteiger partial charge in [0.1, 0.15) is 10.4 Å². The van der Waals surface area contributed by atoms with Crippen LogP contribution in [-0.2, 0) is 0 Å². The Morgan fingerprint density at radius 2 is 2.36 bits per heavy atom. The number of hydrogen-bond acceptors (Lipinski definition) is 3. The third-order valence-corrected chi connectivity index (χ3v) is 1.72. The summed E-state index contributed by atoms with van der Waals surface area (Å²) in [6, 6.07) is 1.25. The largest absolute Gasteiger partial charge is 0.505 e. The van der Waals surface area contributed by atoms with Crippen LogP contribution in [-0.4, -0.2) is 16.0 Å². The van der Waals surface area contributed by atoms with Crippen molar-refractivity contribution >= 4 is 21.8 Å². The lowest BCUT2D eigenvalue weighted by atomic mass is 10.3. The minimum Gasteiger partial charge on any atom is -0.505 e. The topological polar surface area (TPSA) is 76.2 Å². The summed E-state index contributed by atoms with van der Waals surface area (Å²) in [7, 11) is 0. The van der Waals surface area contributed by atoms with Crippen LogP contribution in [0.5, 0.6) is 5.75 Å². The Morgan fingerprint density at radius 1 is 1.73 bits per heavy atom. The molecule has 0 atom stereocenters. The van der Waals surface area contributed by atoms with Crippen LogP contribution in [0.15, 0.2) is 16.9 Å². The fourth-order valence-electron chi connectivity index (χ4n) is 0.571. The third kappa shape index (κ3) is 1.68. The number of pyridine rings is 1. The number of amides is 1. The van der Waals surface area contributed by atoms with Crippen molar-refractivity contribution in [1.82, 2.24) is 4.98 Å². The van der Waals surface area contributed by atoms with Gasteiger partial charge in [0.05, 0.1) is 5.56 Å². The molecule has 58 valence electrons. The fourth-order valence-corrected chi connectivity index (χ4v) is 0.788. The second kappa shape index (κ2) is 2.87. The van der Waals surface area contributed by atoms with Crippen molar-refractivity contribution < 1.29 is 9.90 Å². The highest BCUT2D eigenvalue weighted by molar-refractivity contribution is 9.10. The van der Waals surface area contributed by atoms with Crippen molar-refractivity contribution in [3.05, 3.63) is 22.4 Å². The Labute approximate surface area is 71.2 Å². The van der Waals surface area contributed by atoms with E-state index >= 15 is 0 Å². The maximum absolute atomic E-state index is 10.5. The molecule has 0 aromatic carbocycles. The molecule has 0 saturated heterocycles. The zero-order chi connectivity index (χ0) is 8.43. The van der Waals surface area contributed by atoms with Gasteiger partial charge in [-0.15, -0.1) is 0 Å². The lowest BCUT2D eigenvalue weighted by Gasteiger charge is -1.96. The summed E-state index contributed by atoms with van der Waals surface area (Å²) in [6.07, 6.45) is 1.28. The smallest absolute Gasteiger partial charge is 0.250 e. The molecule has 0 saturated carbocycles. The van der Waals surface area contributed by atoms with Gasteiger partial charge in [-0.1, -0.05) is 0 Å². The van der Waals surface area contributed by atoms with Crippen LogP contribution in [0.4, 0.5) is 0 Å². The molecule has 1 amide bonds. The van der Waals surface area contributed by atoms with Gasteiger partial charge >= 0.3 is 0 Å². The molecule has 0 fully saturated rings. The second-order valence-electron chi connectivity index (χ2n) is 1.90. The number of halogens is 1. The van der Waals surface area contributed by atoms with Gasteiger partial charge in [0.2, 0.25) is 5.91 Å². The second-order valence-corrected chi connectivity index (χ2v) is 2.65. The van der Waals surface area contributed by atoms with Gasteiger partial charge in [-0.05, 0) is 22.0 Å². The Bertz CT molecular complexity index is 301. The summed E-state index contributed by atoms with van der Waals surface area (Å²) in [5.41, 5.74) is 5.11. The highest BCUT2D eigenvalue weighted by Crippen LogP contribution is 2.20. The van der Waals surface area contributed by atoms with Crippen LogP contribution in [0.2, 0.25) is 0 Å². The number of nitrogens with zero attached hydrogens (tertiary/aromatic N) is 1. The van der Waals surface area contributed by atoms with Crippen molar-refractivity contribution in [3.63, 3.8) is 0 Å². The number of carbonyl (C=O) groups is 1. The molecule has 0 aliphatic rings. The van der Waals surface area contributed by atoms with E-state index in [4.69, 9.17) is 10.8 Å². The molecule has 0 unspecified atom stereocenters. The van der Waals surface area contributed by atoms with Gasteiger partial charge in [-0.25, -0.2) is 4.98 Å². The Hall–Kier alpha value is -1.10. The number of aromatic nitrogens is 1. The molecule has 5 heteroatoms. The summed E-state index contributed by atoms with van der Waals surface area (Å²) in [5.74, 6) is -0.707. The maximum atomic E-state index is 10.5. The third-order valence-electron chi connectivity index (χ3n) is 1.11. The van der Waals surface area contributed by atoms with Crippen LogP contribution in [0.25, 0.3) is 0 Å². The van der Waals surface area contributed by atoms with Gasteiger partial charge in [-0.3, -0.25) is 4.79 Å². The molecule has 0 aliphatic heterocycles. The number of aromatic hydroxyl groups is 1. The van der Waals surface area contributed by atoms with E-state index in [-0.39, 0.29) is 11.3 Å². The zero-order valence-electron chi connectivity index (χ0n) is 5.41. The van der Waals surface area contributed by atoms with E-state index in [9.17, 15) is 4.79 Å². The fraction of sp³-hybridized carbons (Fsp3) is 0. The van der Waals surface area contributed by atoms with Crippen LogP contribution in [0, 0.1) is 0 Å². The van der Waals surface area contributed by atoms with E-state index in [0.717, 1.165) is 0 Å². The monoisotopic (exact) mass is 216 g/mol. The molecule has 0 bridgehead atoms. The first-order valence-electron chi connectivity index (χ1n) is 2.75. The molecule has 1 aromatic rings. The Kier molecular flexibility index (Phi) is 2.09. The van der Waals surface area contributed by atoms with Gasteiger partial charge in [-0.2, -0.15) is 0 Å². The van der Waals surface area contributed by atoms with Crippen molar-refractivity contribution in [3.8, 4) is 5.75 Å². The Morgan fingerprint density at radius 3 is 2.82 bits per heavy atom. The maximum Gasteiger partial charge on any atom is 0.250 e. The lowest BCUT2D eigenvalue weighted by Crippen LogP contribution is -2.10. The van der Waals surface area contributed by atoms with Crippen LogP contribution in [0.1, 0.15) is 10.4 Å². The van der Waals surface area contributed by atoms with Crippen molar-refractivity contribution in [2.24, 2.45) is 5.73 Å². The van der Waals surface area contributed by atoms with Crippen molar-refractivity contribution in [1.29, 1.82) is 0 Å². The number of carbonyl (C=O) groups excluding carboxylic acids is 1. The average Bonchev–Trinajstić information content (AvgIpc) is 1.94. The first-order chi connectivity index (χ1) is 5.11. The van der Waals surface area contributed by atoms with E-state index in [1.165, 1.54) is 12.3 Å². The highest BCUT2D eigenvalue weighted by atomic mass is 79.9. The first-order valence-corrected chi connectivity index (χ1v) is 3.55. The van der Waals surface area contributed by atoms with E-state index in [1.54, 1.807) is 0 Å². The molecule has 11 heavy (non-hydrogen) atoms. The summed E-state index contributed by atoms with van der Waals surface area (Å²) in [6.45, 7) is 0. The van der Waals surface area contributed by atoms with Crippen LogP contribution in [0.3, 0.4) is 0 Å². The molecule has 0 aliphatic carbocycles. The van der Waals surface area contributed by atoms with Crippen molar-refractivity contribution in [2.45, 2.75) is 0 Å². The van der Waals surface area contributed by atoms with Crippen molar-refractivity contribution in [2.75, 3.05) is 0 Å². The standard InChI is InChI=1S/C6H5BrN2O2/c7-5-4(10)1-3(2-9-5)6(8)11/h1-2,10H,(H2,8,11). The molecule has 3 N–H and O–H groups in total. The number of nitrogens with two attached hydrogens (primary N) is 1. The molecule has 0 spiro atoms. The van der Waals surface area contributed by atoms with Crippen LogP contribution < -0.4 is 5.73 Å². The number of rotatable bonds is 1. The normalized spacial score (nSPS) is 9.55.